The Morgan fingerprint density at radius 3 is 2.27 bits per heavy atom. The molecule has 1 rings (SSSR count). The first kappa shape index (κ1) is 12.0. The van der Waals surface area contributed by atoms with Crippen molar-refractivity contribution in [2.45, 2.75) is 6.54 Å². The van der Waals surface area contributed by atoms with Gasteiger partial charge in [0.25, 0.3) is 0 Å². The largest absolute Gasteiger partial charge is 0.316 e. The van der Waals surface area contributed by atoms with Gasteiger partial charge in [0.2, 0.25) is 10.0 Å². The molecule has 0 unspecified atom stereocenters. The number of hydroxylamine groups is 1. The first-order valence-electron chi connectivity index (χ1n) is 4.35. The van der Waals surface area contributed by atoms with Gasteiger partial charge in [0.05, 0.1) is 11.9 Å². The molecule has 0 aliphatic heterocycles. The molecular weight excluding hydrogens is 216 g/mol. The van der Waals surface area contributed by atoms with Crippen molar-refractivity contribution in [1.82, 2.24) is 5.48 Å². The molecule has 0 aromatic heterocycles. The molecule has 0 saturated heterocycles. The molecule has 0 fully saturated rings. The number of nitrogens with one attached hydrogen (secondary N) is 1. The predicted octanol–water partition coefficient (Wildman–Crippen LogP) is 0.561. The highest BCUT2D eigenvalue weighted by atomic mass is 32.2. The van der Waals surface area contributed by atoms with E-state index in [2.05, 4.69) is 0 Å². The number of nitrogens with zero attached hydrogens (tertiary/aromatic N) is 1. The minimum absolute atomic E-state index is 0.336. The lowest BCUT2D eigenvalue weighted by atomic mass is 10.2. The van der Waals surface area contributed by atoms with Crippen molar-refractivity contribution in [2.75, 3.05) is 17.6 Å². The number of anilines is 1. The van der Waals surface area contributed by atoms with Gasteiger partial charge < -0.3 is 5.21 Å². The monoisotopic (exact) mass is 230 g/mol. The van der Waals surface area contributed by atoms with Crippen molar-refractivity contribution in [3.63, 3.8) is 0 Å². The zero-order valence-electron chi connectivity index (χ0n) is 8.64. The molecule has 0 heterocycles. The van der Waals surface area contributed by atoms with E-state index < -0.39 is 10.0 Å². The van der Waals surface area contributed by atoms with Crippen molar-refractivity contribution in [2.24, 2.45) is 0 Å². The summed E-state index contributed by atoms with van der Waals surface area (Å²) >= 11 is 0. The molecule has 15 heavy (non-hydrogen) atoms. The van der Waals surface area contributed by atoms with Gasteiger partial charge in [0.1, 0.15) is 0 Å². The molecule has 0 radical (unpaired) electrons. The Bertz CT molecular complexity index is 413. The topological polar surface area (TPSA) is 69.6 Å². The quantitative estimate of drug-likeness (QED) is 0.742. The summed E-state index contributed by atoms with van der Waals surface area (Å²) < 4.78 is 23.6. The second kappa shape index (κ2) is 4.61. The van der Waals surface area contributed by atoms with Crippen LogP contribution >= 0.6 is 0 Å². The van der Waals surface area contributed by atoms with Gasteiger partial charge in [-0.15, -0.1) is 0 Å². The number of rotatable bonds is 4. The van der Waals surface area contributed by atoms with Crippen molar-refractivity contribution in [3.8, 4) is 0 Å². The minimum atomic E-state index is -3.21. The summed E-state index contributed by atoms with van der Waals surface area (Å²) in [6.45, 7) is 0.336. The second-order valence-corrected chi connectivity index (χ2v) is 5.25. The van der Waals surface area contributed by atoms with E-state index in [0.29, 0.717) is 12.2 Å². The zero-order valence-corrected chi connectivity index (χ0v) is 9.45. The van der Waals surface area contributed by atoms with Crippen LogP contribution in [-0.2, 0) is 16.6 Å². The predicted molar refractivity (Wildman–Crippen MR) is 58.3 cm³/mol. The van der Waals surface area contributed by atoms with Gasteiger partial charge in [0.15, 0.2) is 0 Å². The summed E-state index contributed by atoms with van der Waals surface area (Å²) in [6.07, 6.45) is 1.15. The van der Waals surface area contributed by atoms with E-state index in [-0.39, 0.29) is 0 Å². The minimum Gasteiger partial charge on any atom is -0.316 e. The lowest BCUT2D eigenvalue weighted by Crippen LogP contribution is -2.24. The van der Waals surface area contributed by atoms with Crippen molar-refractivity contribution in [1.29, 1.82) is 0 Å². The number of hydrogen-bond acceptors (Lipinski definition) is 4. The van der Waals surface area contributed by atoms with E-state index in [4.69, 9.17) is 5.21 Å². The zero-order chi connectivity index (χ0) is 11.5. The SMILES string of the molecule is CN(c1ccc(CNO)cc1)S(C)(=O)=O. The van der Waals surface area contributed by atoms with E-state index in [1.54, 1.807) is 24.3 Å². The van der Waals surface area contributed by atoms with Crippen molar-refractivity contribution >= 4 is 15.7 Å². The number of sulfonamides is 1. The highest BCUT2D eigenvalue weighted by Gasteiger charge is 2.10. The van der Waals surface area contributed by atoms with E-state index in [1.807, 2.05) is 5.48 Å². The maximum Gasteiger partial charge on any atom is 0.231 e. The summed E-state index contributed by atoms with van der Waals surface area (Å²) in [4.78, 5) is 0. The highest BCUT2D eigenvalue weighted by Crippen LogP contribution is 2.15. The molecule has 0 aliphatic carbocycles. The number of hydrogen-bond donors (Lipinski definition) is 2. The Morgan fingerprint density at radius 2 is 1.87 bits per heavy atom. The summed E-state index contributed by atoms with van der Waals surface area (Å²) in [5.41, 5.74) is 3.51. The van der Waals surface area contributed by atoms with Gasteiger partial charge in [-0.1, -0.05) is 12.1 Å². The third-order valence-electron chi connectivity index (χ3n) is 2.08. The average Bonchev–Trinajstić information content (AvgIpc) is 2.17. The molecule has 0 saturated carbocycles. The van der Waals surface area contributed by atoms with Gasteiger partial charge in [-0.05, 0) is 17.7 Å². The Morgan fingerprint density at radius 1 is 1.33 bits per heavy atom. The number of benzene rings is 1. The molecule has 5 nitrogen and oxygen atoms in total. The Kier molecular flexibility index (Phi) is 3.67. The molecular formula is C9H14N2O3S. The maximum atomic E-state index is 11.2. The van der Waals surface area contributed by atoms with E-state index >= 15 is 0 Å². The molecule has 0 atom stereocenters. The molecule has 6 heteroatoms. The molecule has 0 amide bonds. The Balaban J connectivity index is 2.89. The standard InChI is InChI=1S/C9H14N2O3S/c1-11(15(2,13)14)9-5-3-8(4-6-9)7-10-12/h3-6,10,12H,7H2,1-2H3. The molecule has 2 N–H and O–H groups in total. The van der Waals surface area contributed by atoms with Crippen LogP contribution in [0.4, 0.5) is 5.69 Å². The van der Waals surface area contributed by atoms with Crippen LogP contribution in [0.25, 0.3) is 0 Å². The highest BCUT2D eigenvalue weighted by molar-refractivity contribution is 7.92. The van der Waals surface area contributed by atoms with Crippen LogP contribution in [0.15, 0.2) is 24.3 Å². The average molecular weight is 230 g/mol. The Labute approximate surface area is 89.3 Å². The molecule has 0 spiro atoms. The van der Waals surface area contributed by atoms with Gasteiger partial charge in [-0.25, -0.2) is 13.9 Å². The van der Waals surface area contributed by atoms with E-state index in [0.717, 1.165) is 11.8 Å². The first-order valence-corrected chi connectivity index (χ1v) is 6.20. The Hall–Kier alpha value is -1.11. The second-order valence-electron chi connectivity index (χ2n) is 3.23. The molecule has 0 aliphatic rings. The van der Waals surface area contributed by atoms with E-state index in [9.17, 15) is 8.42 Å². The molecule has 84 valence electrons. The third kappa shape index (κ3) is 3.19. The fourth-order valence-corrected chi connectivity index (χ4v) is 1.61. The van der Waals surface area contributed by atoms with Crippen LogP contribution in [0, 0.1) is 0 Å². The maximum absolute atomic E-state index is 11.2. The molecule has 1 aromatic carbocycles. The summed E-state index contributed by atoms with van der Waals surface area (Å²) in [5.74, 6) is 0. The van der Waals surface area contributed by atoms with Crippen LogP contribution in [0.3, 0.4) is 0 Å². The van der Waals surface area contributed by atoms with Crippen molar-refractivity contribution in [3.05, 3.63) is 29.8 Å². The summed E-state index contributed by atoms with van der Waals surface area (Å²) in [7, 11) is -1.72. The third-order valence-corrected chi connectivity index (χ3v) is 3.29. The van der Waals surface area contributed by atoms with Crippen LogP contribution < -0.4 is 9.79 Å². The van der Waals surface area contributed by atoms with Gasteiger partial charge >= 0.3 is 0 Å². The fourth-order valence-electron chi connectivity index (χ4n) is 1.11. The van der Waals surface area contributed by atoms with Crippen LogP contribution in [-0.4, -0.2) is 26.9 Å². The molecule has 0 bridgehead atoms. The lowest BCUT2D eigenvalue weighted by molar-refractivity contribution is 0.161. The van der Waals surface area contributed by atoms with Crippen LogP contribution in [0.2, 0.25) is 0 Å². The van der Waals surface area contributed by atoms with Gasteiger partial charge in [-0.3, -0.25) is 4.31 Å². The lowest BCUT2D eigenvalue weighted by Gasteiger charge is -2.16. The fraction of sp³-hybridized carbons (Fsp3) is 0.333. The van der Waals surface area contributed by atoms with E-state index in [1.165, 1.54) is 11.4 Å². The van der Waals surface area contributed by atoms with Crippen LogP contribution in [0.1, 0.15) is 5.56 Å². The van der Waals surface area contributed by atoms with Gasteiger partial charge in [-0.2, -0.15) is 0 Å². The summed E-state index contributed by atoms with van der Waals surface area (Å²) in [5, 5.41) is 8.47. The smallest absolute Gasteiger partial charge is 0.231 e. The summed E-state index contributed by atoms with van der Waals surface area (Å²) in [6, 6.07) is 6.88. The molecule has 1 aromatic rings. The van der Waals surface area contributed by atoms with Crippen LogP contribution in [0.5, 0.6) is 0 Å². The van der Waals surface area contributed by atoms with Gasteiger partial charge in [0, 0.05) is 13.6 Å². The normalized spacial score (nSPS) is 11.4. The van der Waals surface area contributed by atoms with Crippen molar-refractivity contribution < 1.29 is 13.6 Å². The first-order chi connectivity index (χ1) is 6.95.